The lowest BCUT2D eigenvalue weighted by molar-refractivity contribution is -0.141. The Morgan fingerprint density at radius 3 is 2.68 bits per heavy atom. The highest BCUT2D eigenvalue weighted by Crippen LogP contribution is 2.27. The predicted molar refractivity (Wildman–Crippen MR) is 65.0 cm³/mol. The van der Waals surface area contributed by atoms with E-state index in [1.54, 1.807) is 0 Å². The molecule has 1 aromatic rings. The zero-order valence-electron chi connectivity index (χ0n) is 10.4. The molecule has 0 atom stereocenters. The normalized spacial score (nSPS) is 17.4. The van der Waals surface area contributed by atoms with E-state index in [-0.39, 0.29) is 5.82 Å². The summed E-state index contributed by atoms with van der Waals surface area (Å²) in [7, 11) is 0. The van der Waals surface area contributed by atoms with E-state index in [2.05, 4.69) is 15.2 Å². The van der Waals surface area contributed by atoms with Gasteiger partial charge < -0.3 is 10.1 Å². The first-order valence-electron chi connectivity index (χ1n) is 6.14. The first-order chi connectivity index (χ1) is 9.05. The van der Waals surface area contributed by atoms with Gasteiger partial charge in [-0.15, -0.1) is 0 Å². The second kappa shape index (κ2) is 6.21. The molecule has 0 saturated carbocycles. The fourth-order valence-corrected chi connectivity index (χ4v) is 1.86. The second-order valence-corrected chi connectivity index (χ2v) is 4.29. The summed E-state index contributed by atoms with van der Waals surface area (Å²) in [5.74, 6) is 0.253. The number of hydrogen-bond acceptors (Lipinski definition) is 4. The van der Waals surface area contributed by atoms with Crippen molar-refractivity contribution in [2.24, 2.45) is 0 Å². The minimum absolute atomic E-state index is 0.253. The highest BCUT2D eigenvalue weighted by molar-refractivity contribution is 5.35. The average Bonchev–Trinajstić information content (AvgIpc) is 2.39. The minimum Gasteiger partial charge on any atom is -0.379 e. The molecule has 1 N–H and O–H groups in total. The van der Waals surface area contributed by atoms with Gasteiger partial charge in [0.1, 0.15) is 11.5 Å². The van der Waals surface area contributed by atoms with E-state index in [0.29, 0.717) is 19.8 Å². The summed E-state index contributed by atoms with van der Waals surface area (Å²) in [5.41, 5.74) is -0.871. The number of nitrogens with one attached hydrogen (secondary N) is 1. The van der Waals surface area contributed by atoms with Crippen molar-refractivity contribution in [2.45, 2.75) is 6.18 Å². The molecule has 0 unspecified atom stereocenters. The Labute approximate surface area is 109 Å². The van der Waals surface area contributed by atoms with Crippen molar-refractivity contribution in [3.05, 3.63) is 23.9 Å². The highest BCUT2D eigenvalue weighted by Gasteiger charge is 2.32. The SMILES string of the molecule is FC(F)(F)c1cccc(NCCN2CCOCC2)n1. The number of nitrogens with zero attached hydrogens (tertiary/aromatic N) is 2. The fourth-order valence-electron chi connectivity index (χ4n) is 1.86. The molecule has 0 spiro atoms. The van der Waals surface area contributed by atoms with Gasteiger partial charge in [-0.2, -0.15) is 13.2 Å². The highest BCUT2D eigenvalue weighted by atomic mass is 19.4. The Hall–Kier alpha value is -1.34. The van der Waals surface area contributed by atoms with E-state index < -0.39 is 11.9 Å². The summed E-state index contributed by atoms with van der Waals surface area (Å²) in [6.07, 6.45) is -4.40. The second-order valence-electron chi connectivity index (χ2n) is 4.29. The Bertz CT molecular complexity index is 405. The van der Waals surface area contributed by atoms with Gasteiger partial charge >= 0.3 is 6.18 Å². The van der Waals surface area contributed by atoms with Crippen molar-refractivity contribution >= 4 is 5.82 Å². The van der Waals surface area contributed by atoms with Gasteiger partial charge in [-0.05, 0) is 12.1 Å². The third-order valence-electron chi connectivity index (χ3n) is 2.88. The summed E-state index contributed by atoms with van der Waals surface area (Å²) >= 11 is 0. The number of hydrogen-bond donors (Lipinski definition) is 1. The number of pyridine rings is 1. The van der Waals surface area contributed by atoms with Gasteiger partial charge in [-0.25, -0.2) is 4.98 Å². The minimum atomic E-state index is -4.40. The van der Waals surface area contributed by atoms with Crippen LogP contribution in [0.15, 0.2) is 18.2 Å². The molecule has 1 aliphatic heterocycles. The fraction of sp³-hybridized carbons (Fsp3) is 0.583. The first-order valence-corrected chi connectivity index (χ1v) is 6.14. The van der Waals surface area contributed by atoms with Crippen molar-refractivity contribution in [2.75, 3.05) is 44.7 Å². The monoisotopic (exact) mass is 275 g/mol. The molecule has 1 aromatic heterocycles. The number of ether oxygens (including phenoxy) is 1. The predicted octanol–water partition coefficient (Wildman–Crippen LogP) is 1.84. The van der Waals surface area contributed by atoms with E-state index in [1.165, 1.54) is 12.1 Å². The molecule has 0 aliphatic carbocycles. The van der Waals surface area contributed by atoms with Crippen molar-refractivity contribution in [1.29, 1.82) is 0 Å². The van der Waals surface area contributed by atoms with E-state index in [9.17, 15) is 13.2 Å². The van der Waals surface area contributed by atoms with E-state index in [0.717, 1.165) is 25.7 Å². The van der Waals surface area contributed by atoms with Crippen LogP contribution in [0.2, 0.25) is 0 Å². The van der Waals surface area contributed by atoms with Crippen LogP contribution in [0.4, 0.5) is 19.0 Å². The van der Waals surface area contributed by atoms with Crippen LogP contribution in [0.5, 0.6) is 0 Å². The Kier molecular flexibility index (Phi) is 4.60. The molecule has 7 heteroatoms. The zero-order valence-corrected chi connectivity index (χ0v) is 10.4. The Morgan fingerprint density at radius 2 is 2.00 bits per heavy atom. The van der Waals surface area contributed by atoms with E-state index in [4.69, 9.17) is 4.74 Å². The third-order valence-corrected chi connectivity index (χ3v) is 2.88. The van der Waals surface area contributed by atoms with Gasteiger partial charge in [0.25, 0.3) is 0 Å². The topological polar surface area (TPSA) is 37.4 Å². The Balaban J connectivity index is 1.82. The van der Waals surface area contributed by atoms with Crippen molar-refractivity contribution in [3.8, 4) is 0 Å². The number of rotatable bonds is 4. The molecule has 0 radical (unpaired) electrons. The zero-order chi connectivity index (χ0) is 13.7. The standard InChI is InChI=1S/C12H16F3N3O/c13-12(14,15)10-2-1-3-11(17-10)16-4-5-18-6-8-19-9-7-18/h1-3H,4-9H2,(H,16,17). The van der Waals surface area contributed by atoms with Gasteiger partial charge in [0.15, 0.2) is 0 Å². The lowest BCUT2D eigenvalue weighted by atomic mass is 10.3. The number of morpholine rings is 1. The molecule has 1 fully saturated rings. The lowest BCUT2D eigenvalue weighted by Crippen LogP contribution is -2.39. The Morgan fingerprint density at radius 1 is 1.26 bits per heavy atom. The molecule has 19 heavy (non-hydrogen) atoms. The third kappa shape index (κ3) is 4.36. The van der Waals surface area contributed by atoms with Crippen LogP contribution in [-0.4, -0.2) is 49.3 Å². The summed E-state index contributed by atoms with van der Waals surface area (Å²) in [6.45, 7) is 4.47. The largest absolute Gasteiger partial charge is 0.433 e. The van der Waals surface area contributed by atoms with E-state index in [1.807, 2.05) is 0 Å². The van der Waals surface area contributed by atoms with Crippen LogP contribution in [0, 0.1) is 0 Å². The van der Waals surface area contributed by atoms with Gasteiger partial charge in [0, 0.05) is 26.2 Å². The lowest BCUT2D eigenvalue weighted by Gasteiger charge is -2.26. The first kappa shape index (κ1) is 14.1. The van der Waals surface area contributed by atoms with Crippen LogP contribution in [0.1, 0.15) is 5.69 Å². The smallest absolute Gasteiger partial charge is 0.379 e. The van der Waals surface area contributed by atoms with Crippen LogP contribution in [0.3, 0.4) is 0 Å². The van der Waals surface area contributed by atoms with Gasteiger partial charge in [0.05, 0.1) is 13.2 Å². The van der Waals surface area contributed by atoms with Crippen molar-refractivity contribution < 1.29 is 17.9 Å². The molecular weight excluding hydrogens is 259 g/mol. The van der Waals surface area contributed by atoms with Gasteiger partial charge in [-0.1, -0.05) is 6.07 Å². The number of halogens is 3. The molecule has 2 rings (SSSR count). The molecule has 106 valence electrons. The quantitative estimate of drug-likeness (QED) is 0.910. The van der Waals surface area contributed by atoms with Crippen molar-refractivity contribution in [3.63, 3.8) is 0 Å². The number of alkyl halides is 3. The maximum absolute atomic E-state index is 12.5. The molecule has 0 bridgehead atoms. The van der Waals surface area contributed by atoms with Crippen LogP contribution in [-0.2, 0) is 10.9 Å². The number of anilines is 1. The molecular formula is C12H16F3N3O. The molecule has 1 aliphatic rings. The van der Waals surface area contributed by atoms with Crippen molar-refractivity contribution in [1.82, 2.24) is 9.88 Å². The van der Waals surface area contributed by atoms with Crippen LogP contribution >= 0.6 is 0 Å². The van der Waals surface area contributed by atoms with Gasteiger partial charge in [-0.3, -0.25) is 4.90 Å². The van der Waals surface area contributed by atoms with Gasteiger partial charge in [0.2, 0.25) is 0 Å². The maximum atomic E-state index is 12.5. The maximum Gasteiger partial charge on any atom is 0.433 e. The van der Waals surface area contributed by atoms with Crippen LogP contribution < -0.4 is 5.32 Å². The average molecular weight is 275 g/mol. The number of aromatic nitrogens is 1. The summed E-state index contributed by atoms with van der Waals surface area (Å²) < 4.78 is 42.6. The molecule has 1 saturated heterocycles. The molecule has 0 amide bonds. The van der Waals surface area contributed by atoms with E-state index >= 15 is 0 Å². The molecule has 4 nitrogen and oxygen atoms in total. The van der Waals surface area contributed by atoms with Crippen LogP contribution in [0.25, 0.3) is 0 Å². The molecule has 0 aromatic carbocycles. The summed E-state index contributed by atoms with van der Waals surface area (Å²) in [5, 5.41) is 2.91. The molecule has 2 heterocycles. The summed E-state index contributed by atoms with van der Waals surface area (Å²) in [6, 6.07) is 3.86. The summed E-state index contributed by atoms with van der Waals surface area (Å²) in [4.78, 5) is 5.75.